The van der Waals surface area contributed by atoms with E-state index in [2.05, 4.69) is 14.9 Å². The van der Waals surface area contributed by atoms with Crippen molar-refractivity contribution in [3.8, 4) is 11.1 Å². The topological polar surface area (TPSA) is 29.9 Å². The summed E-state index contributed by atoms with van der Waals surface area (Å²) in [6, 6.07) is 14.6. The molecule has 3 nitrogen and oxygen atoms in total. The minimum absolute atomic E-state index is 0.221. The summed E-state index contributed by atoms with van der Waals surface area (Å²) in [4.78, 5) is 4.21. The number of rotatable bonds is 5. The Morgan fingerprint density at radius 1 is 1.14 bits per heavy atom. The van der Waals surface area contributed by atoms with Gasteiger partial charge in [0.25, 0.3) is 0 Å². The van der Waals surface area contributed by atoms with Gasteiger partial charge in [0.05, 0.1) is 0 Å². The van der Waals surface area contributed by atoms with Crippen LogP contribution < -0.4 is 5.32 Å². The predicted molar refractivity (Wildman–Crippen MR) is 87.3 cm³/mol. The Bertz CT molecular complexity index is 764. The van der Waals surface area contributed by atoms with Crippen LogP contribution in [-0.4, -0.2) is 16.1 Å². The fourth-order valence-electron chi connectivity index (χ4n) is 2.50. The molecule has 0 aliphatic carbocycles. The van der Waals surface area contributed by atoms with Crippen molar-refractivity contribution >= 4 is 5.69 Å². The van der Waals surface area contributed by atoms with E-state index in [-0.39, 0.29) is 5.82 Å². The number of anilines is 1. The second-order valence-electron chi connectivity index (χ2n) is 5.15. The monoisotopic (exact) mass is 295 g/mol. The highest BCUT2D eigenvalue weighted by molar-refractivity contribution is 5.77. The van der Waals surface area contributed by atoms with E-state index in [9.17, 15) is 4.39 Å². The van der Waals surface area contributed by atoms with Crippen LogP contribution in [0.3, 0.4) is 0 Å². The summed E-state index contributed by atoms with van der Waals surface area (Å²) in [6.45, 7) is 3.60. The minimum Gasteiger partial charge on any atom is -0.383 e. The largest absolute Gasteiger partial charge is 0.383 e. The molecule has 0 amide bonds. The van der Waals surface area contributed by atoms with Crippen molar-refractivity contribution in [1.29, 1.82) is 0 Å². The van der Waals surface area contributed by atoms with Crippen LogP contribution in [0.15, 0.2) is 60.9 Å². The maximum atomic E-state index is 13.4. The first kappa shape index (κ1) is 14.3. The van der Waals surface area contributed by atoms with Crippen LogP contribution in [0.2, 0.25) is 0 Å². The number of aromatic nitrogens is 2. The fourth-order valence-corrected chi connectivity index (χ4v) is 2.50. The van der Waals surface area contributed by atoms with Gasteiger partial charge in [0.1, 0.15) is 11.6 Å². The van der Waals surface area contributed by atoms with Crippen molar-refractivity contribution in [3.05, 3.63) is 72.6 Å². The third-order valence-corrected chi connectivity index (χ3v) is 3.65. The highest BCUT2D eigenvalue weighted by atomic mass is 19.1. The van der Waals surface area contributed by atoms with Gasteiger partial charge in [-0.1, -0.05) is 30.3 Å². The number of halogens is 1. The van der Waals surface area contributed by atoms with E-state index in [0.29, 0.717) is 0 Å². The standard InChI is InChI=1S/C18H18FN3/c1-14-20-9-11-22(14)12-10-21-18-8-3-2-7-17(18)15-5-4-6-16(19)13-15/h2-9,11,13,21H,10,12H2,1H3. The molecule has 112 valence electrons. The Labute approximate surface area is 129 Å². The molecule has 1 heterocycles. The zero-order chi connectivity index (χ0) is 15.4. The summed E-state index contributed by atoms with van der Waals surface area (Å²) in [7, 11) is 0. The van der Waals surface area contributed by atoms with Crippen molar-refractivity contribution in [2.24, 2.45) is 0 Å². The highest BCUT2D eigenvalue weighted by Gasteiger charge is 2.05. The van der Waals surface area contributed by atoms with Crippen LogP contribution in [0, 0.1) is 12.7 Å². The molecule has 3 aromatic rings. The molecule has 1 aromatic heterocycles. The number of nitrogens with one attached hydrogen (secondary N) is 1. The molecule has 0 radical (unpaired) electrons. The van der Waals surface area contributed by atoms with Crippen molar-refractivity contribution in [3.63, 3.8) is 0 Å². The Hall–Kier alpha value is -2.62. The molecule has 0 fully saturated rings. The maximum Gasteiger partial charge on any atom is 0.123 e. The van der Waals surface area contributed by atoms with E-state index in [1.807, 2.05) is 43.5 Å². The lowest BCUT2D eigenvalue weighted by atomic mass is 10.0. The van der Waals surface area contributed by atoms with Crippen molar-refractivity contribution in [1.82, 2.24) is 9.55 Å². The van der Waals surface area contributed by atoms with Crippen molar-refractivity contribution in [2.45, 2.75) is 13.5 Å². The van der Waals surface area contributed by atoms with Crippen LogP contribution >= 0.6 is 0 Å². The molecular formula is C18H18FN3. The lowest BCUT2D eigenvalue weighted by Crippen LogP contribution is -2.11. The molecule has 3 rings (SSSR count). The Morgan fingerprint density at radius 2 is 2.00 bits per heavy atom. The third-order valence-electron chi connectivity index (χ3n) is 3.65. The van der Waals surface area contributed by atoms with Crippen LogP contribution in [0.5, 0.6) is 0 Å². The van der Waals surface area contributed by atoms with Crippen molar-refractivity contribution in [2.75, 3.05) is 11.9 Å². The third kappa shape index (κ3) is 3.17. The van der Waals surface area contributed by atoms with Gasteiger partial charge < -0.3 is 9.88 Å². The lowest BCUT2D eigenvalue weighted by Gasteiger charge is -2.13. The Balaban J connectivity index is 1.76. The lowest BCUT2D eigenvalue weighted by molar-refractivity contribution is 0.628. The zero-order valence-corrected chi connectivity index (χ0v) is 12.5. The summed E-state index contributed by atoms with van der Waals surface area (Å²) in [5.74, 6) is 0.779. The first-order valence-corrected chi connectivity index (χ1v) is 7.30. The number of para-hydroxylation sites is 1. The summed E-state index contributed by atoms with van der Waals surface area (Å²) in [5.41, 5.74) is 2.89. The normalized spacial score (nSPS) is 10.6. The van der Waals surface area contributed by atoms with E-state index in [1.54, 1.807) is 18.3 Å². The molecular weight excluding hydrogens is 277 g/mol. The molecule has 0 aliphatic heterocycles. The van der Waals surface area contributed by atoms with E-state index >= 15 is 0 Å². The van der Waals surface area contributed by atoms with Gasteiger partial charge in [0.2, 0.25) is 0 Å². The number of nitrogens with zero attached hydrogens (tertiary/aromatic N) is 2. The molecule has 0 bridgehead atoms. The first-order valence-electron chi connectivity index (χ1n) is 7.30. The molecule has 2 aromatic carbocycles. The van der Waals surface area contributed by atoms with E-state index in [1.165, 1.54) is 6.07 Å². The van der Waals surface area contributed by atoms with Crippen LogP contribution in [-0.2, 0) is 6.54 Å². The van der Waals surface area contributed by atoms with E-state index < -0.39 is 0 Å². The SMILES string of the molecule is Cc1nccn1CCNc1ccccc1-c1cccc(F)c1. The number of imidazole rings is 1. The molecule has 0 aliphatic rings. The molecule has 0 saturated carbocycles. The number of hydrogen-bond donors (Lipinski definition) is 1. The average Bonchev–Trinajstić information content (AvgIpc) is 2.93. The summed E-state index contributed by atoms with van der Waals surface area (Å²) in [5, 5.41) is 3.43. The zero-order valence-electron chi connectivity index (χ0n) is 12.5. The maximum absolute atomic E-state index is 13.4. The summed E-state index contributed by atoms with van der Waals surface area (Å²) >= 11 is 0. The van der Waals surface area contributed by atoms with Gasteiger partial charge in [-0.05, 0) is 30.7 Å². The molecule has 0 unspecified atom stereocenters. The molecule has 0 spiro atoms. The molecule has 1 N–H and O–H groups in total. The summed E-state index contributed by atoms with van der Waals surface area (Å²) in [6.07, 6.45) is 3.77. The van der Waals surface area contributed by atoms with Gasteiger partial charge in [-0.2, -0.15) is 0 Å². The smallest absolute Gasteiger partial charge is 0.123 e. The van der Waals surface area contributed by atoms with Gasteiger partial charge in [-0.25, -0.2) is 9.37 Å². The van der Waals surface area contributed by atoms with Crippen LogP contribution in [0.4, 0.5) is 10.1 Å². The Kier molecular flexibility index (Phi) is 4.19. The predicted octanol–water partition coefficient (Wildman–Crippen LogP) is 4.11. The second-order valence-corrected chi connectivity index (χ2v) is 5.15. The fraction of sp³-hybridized carbons (Fsp3) is 0.167. The number of hydrogen-bond acceptors (Lipinski definition) is 2. The van der Waals surface area contributed by atoms with Crippen LogP contribution in [0.25, 0.3) is 11.1 Å². The van der Waals surface area contributed by atoms with E-state index in [0.717, 1.165) is 35.7 Å². The van der Waals surface area contributed by atoms with Gasteiger partial charge in [-0.3, -0.25) is 0 Å². The van der Waals surface area contributed by atoms with Gasteiger partial charge in [-0.15, -0.1) is 0 Å². The molecule has 0 atom stereocenters. The van der Waals surface area contributed by atoms with Gasteiger partial charge in [0, 0.05) is 36.7 Å². The number of aryl methyl sites for hydroxylation is 1. The summed E-state index contributed by atoms with van der Waals surface area (Å²) < 4.78 is 15.5. The van der Waals surface area contributed by atoms with E-state index in [4.69, 9.17) is 0 Å². The van der Waals surface area contributed by atoms with Gasteiger partial charge >= 0.3 is 0 Å². The van der Waals surface area contributed by atoms with Crippen LogP contribution in [0.1, 0.15) is 5.82 Å². The average molecular weight is 295 g/mol. The quantitative estimate of drug-likeness (QED) is 0.767. The first-order chi connectivity index (χ1) is 10.7. The molecule has 0 saturated heterocycles. The van der Waals surface area contributed by atoms with Crippen molar-refractivity contribution < 1.29 is 4.39 Å². The minimum atomic E-state index is -0.221. The molecule has 4 heteroatoms. The molecule has 22 heavy (non-hydrogen) atoms. The van der Waals surface area contributed by atoms with Gasteiger partial charge in [0.15, 0.2) is 0 Å². The Morgan fingerprint density at radius 3 is 2.77 bits per heavy atom. The highest BCUT2D eigenvalue weighted by Crippen LogP contribution is 2.28. The second kappa shape index (κ2) is 6.43. The number of benzene rings is 2.